The van der Waals surface area contributed by atoms with Crippen molar-refractivity contribution in [2.45, 2.75) is 42.1 Å². The molecule has 124 valence electrons. The van der Waals surface area contributed by atoms with E-state index in [1.165, 1.54) is 17.7 Å². The number of nitrogens with zero attached hydrogens (tertiary/aromatic N) is 2. The molecule has 0 N–H and O–H groups in total. The molecule has 2 heterocycles. The van der Waals surface area contributed by atoms with Gasteiger partial charge in [-0.05, 0) is 37.0 Å². The number of hydrogen-bond donors (Lipinski definition) is 0. The second-order valence-corrected chi connectivity index (χ2v) is 10.0. The van der Waals surface area contributed by atoms with Gasteiger partial charge in [-0.2, -0.15) is 0 Å². The van der Waals surface area contributed by atoms with Crippen LogP contribution >= 0.6 is 46.7 Å². The standard InChI is InChI=1S/C17H20Cl2N2S2/c1-2-15-10-22-17(23-15,11-21-8-7-20-12-21)6-5-13-3-4-14(18)9-16(13)19/h3-4,7-9,12,15H,2,5-6,10-11H2,1H3. The van der Waals surface area contributed by atoms with Crippen LogP contribution in [0.5, 0.6) is 0 Å². The number of benzene rings is 1. The van der Waals surface area contributed by atoms with E-state index in [4.69, 9.17) is 23.2 Å². The highest BCUT2D eigenvalue weighted by Gasteiger charge is 2.40. The number of imidazole rings is 1. The normalized spacial score (nSPS) is 24.2. The molecule has 0 amide bonds. The number of aromatic nitrogens is 2. The van der Waals surface area contributed by atoms with Crippen molar-refractivity contribution in [1.29, 1.82) is 0 Å². The summed E-state index contributed by atoms with van der Waals surface area (Å²) in [6, 6.07) is 5.82. The van der Waals surface area contributed by atoms with Crippen molar-refractivity contribution in [3.8, 4) is 0 Å². The van der Waals surface area contributed by atoms with Crippen LogP contribution in [0, 0.1) is 0 Å². The van der Waals surface area contributed by atoms with Gasteiger partial charge in [0.05, 0.1) is 10.4 Å². The summed E-state index contributed by atoms with van der Waals surface area (Å²) >= 11 is 16.6. The summed E-state index contributed by atoms with van der Waals surface area (Å²) in [4.78, 5) is 4.19. The van der Waals surface area contributed by atoms with Crippen LogP contribution in [0.25, 0.3) is 0 Å². The van der Waals surface area contributed by atoms with Crippen LogP contribution in [0.2, 0.25) is 10.0 Å². The minimum atomic E-state index is 0.199. The third-order valence-electron chi connectivity index (χ3n) is 4.14. The molecule has 1 aromatic carbocycles. The fraction of sp³-hybridized carbons (Fsp3) is 0.471. The van der Waals surface area contributed by atoms with Crippen molar-refractivity contribution in [2.75, 3.05) is 5.75 Å². The Balaban J connectivity index is 1.73. The van der Waals surface area contributed by atoms with Gasteiger partial charge in [-0.25, -0.2) is 4.98 Å². The van der Waals surface area contributed by atoms with E-state index < -0.39 is 0 Å². The molecule has 0 radical (unpaired) electrons. The molecule has 23 heavy (non-hydrogen) atoms. The van der Waals surface area contributed by atoms with Gasteiger partial charge >= 0.3 is 0 Å². The van der Waals surface area contributed by atoms with Crippen LogP contribution in [0.4, 0.5) is 0 Å². The van der Waals surface area contributed by atoms with E-state index >= 15 is 0 Å². The smallest absolute Gasteiger partial charge is 0.0946 e. The molecular weight excluding hydrogens is 367 g/mol. The summed E-state index contributed by atoms with van der Waals surface area (Å²) in [5.74, 6) is 1.23. The van der Waals surface area contributed by atoms with Gasteiger partial charge in [0.2, 0.25) is 0 Å². The van der Waals surface area contributed by atoms with Gasteiger partial charge in [0.15, 0.2) is 0 Å². The topological polar surface area (TPSA) is 17.8 Å². The Bertz CT molecular complexity index is 648. The average Bonchev–Trinajstić information content (AvgIpc) is 3.17. The highest BCUT2D eigenvalue weighted by atomic mass is 35.5. The first-order valence-corrected chi connectivity index (χ1v) is 10.4. The molecular formula is C17H20Cl2N2S2. The van der Waals surface area contributed by atoms with Gasteiger partial charge in [0.1, 0.15) is 0 Å². The Hall–Kier alpha value is -0.290. The van der Waals surface area contributed by atoms with Crippen molar-refractivity contribution in [3.63, 3.8) is 0 Å². The van der Waals surface area contributed by atoms with Crippen molar-refractivity contribution < 1.29 is 0 Å². The molecule has 1 aromatic heterocycles. The molecule has 6 heteroatoms. The zero-order valence-electron chi connectivity index (χ0n) is 13.0. The predicted molar refractivity (Wildman–Crippen MR) is 104 cm³/mol. The maximum absolute atomic E-state index is 6.35. The molecule has 1 fully saturated rings. The van der Waals surface area contributed by atoms with Crippen LogP contribution in [0.1, 0.15) is 25.3 Å². The van der Waals surface area contributed by atoms with Gasteiger partial charge in [0, 0.05) is 40.0 Å². The van der Waals surface area contributed by atoms with E-state index in [2.05, 4.69) is 52.3 Å². The molecule has 0 saturated carbocycles. The minimum absolute atomic E-state index is 0.199. The van der Waals surface area contributed by atoms with Crippen LogP contribution < -0.4 is 0 Å². The summed E-state index contributed by atoms with van der Waals surface area (Å²) in [6.45, 7) is 3.27. The zero-order chi connectivity index (χ0) is 16.3. The first-order chi connectivity index (χ1) is 11.1. The van der Waals surface area contributed by atoms with E-state index in [1.54, 1.807) is 0 Å². The van der Waals surface area contributed by atoms with Crippen molar-refractivity contribution in [1.82, 2.24) is 9.55 Å². The largest absolute Gasteiger partial charge is 0.335 e. The maximum Gasteiger partial charge on any atom is 0.0946 e. The molecule has 1 aliphatic rings. The van der Waals surface area contributed by atoms with Crippen LogP contribution in [0.3, 0.4) is 0 Å². The third-order valence-corrected chi connectivity index (χ3v) is 8.61. The van der Waals surface area contributed by atoms with Gasteiger partial charge in [-0.1, -0.05) is 36.2 Å². The van der Waals surface area contributed by atoms with Gasteiger partial charge in [0.25, 0.3) is 0 Å². The second-order valence-electron chi connectivity index (χ2n) is 5.84. The van der Waals surface area contributed by atoms with Gasteiger partial charge < -0.3 is 4.57 Å². The summed E-state index contributed by atoms with van der Waals surface area (Å²) in [7, 11) is 0. The fourth-order valence-corrected chi connectivity index (χ4v) is 7.11. The fourth-order valence-electron chi connectivity index (χ4n) is 2.82. The summed E-state index contributed by atoms with van der Waals surface area (Å²) in [5.41, 5.74) is 1.18. The minimum Gasteiger partial charge on any atom is -0.335 e. The lowest BCUT2D eigenvalue weighted by molar-refractivity contribution is 0.592. The Labute approximate surface area is 156 Å². The first-order valence-electron chi connectivity index (χ1n) is 7.82. The molecule has 1 aliphatic heterocycles. The zero-order valence-corrected chi connectivity index (χ0v) is 16.2. The second kappa shape index (κ2) is 7.73. The Kier molecular flexibility index (Phi) is 5.89. The molecule has 0 bridgehead atoms. The molecule has 2 nitrogen and oxygen atoms in total. The van der Waals surface area contributed by atoms with Crippen molar-refractivity contribution >= 4 is 46.7 Å². The van der Waals surface area contributed by atoms with Gasteiger partial charge in [-0.15, -0.1) is 23.5 Å². The summed E-state index contributed by atoms with van der Waals surface area (Å²) in [5, 5.41) is 2.21. The van der Waals surface area contributed by atoms with Crippen molar-refractivity contribution in [3.05, 3.63) is 52.5 Å². The molecule has 2 atom stereocenters. The summed E-state index contributed by atoms with van der Waals surface area (Å²) < 4.78 is 2.39. The Morgan fingerprint density at radius 3 is 2.91 bits per heavy atom. The number of halogens is 2. The number of rotatable bonds is 6. The van der Waals surface area contributed by atoms with Crippen LogP contribution in [0.15, 0.2) is 36.9 Å². The lowest BCUT2D eigenvalue weighted by atomic mass is 10.1. The first kappa shape index (κ1) is 17.5. The highest BCUT2D eigenvalue weighted by molar-refractivity contribution is 8.21. The number of aryl methyl sites for hydroxylation is 1. The maximum atomic E-state index is 6.35. The van der Waals surface area contributed by atoms with E-state index in [-0.39, 0.29) is 4.08 Å². The predicted octanol–water partition coefficient (Wildman–Crippen LogP) is 5.78. The molecule has 0 spiro atoms. The average molecular weight is 387 g/mol. The third kappa shape index (κ3) is 4.41. The molecule has 1 saturated heterocycles. The SMILES string of the molecule is CCC1CSC(CCc2ccc(Cl)cc2Cl)(Cn2ccnc2)S1. The molecule has 2 unspecified atom stereocenters. The molecule has 0 aliphatic carbocycles. The Morgan fingerprint density at radius 2 is 2.26 bits per heavy atom. The van der Waals surface area contributed by atoms with Crippen LogP contribution in [-0.2, 0) is 13.0 Å². The monoisotopic (exact) mass is 386 g/mol. The van der Waals surface area contributed by atoms with E-state index in [0.717, 1.165) is 29.7 Å². The van der Waals surface area contributed by atoms with Crippen molar-refractivity contribution in [2.24, 2.45) is 0 Å². The lowest BCUT2D eigenvalue weighted by Gasteiger charge is -2.28. The highest BCUT2D eigenvalue weighted by Crippen LogP contribution is 2.52. The molecule has 3 rings (SSSR count). The molecule has 2 aromatic rings. The quantitative estimate of drug-likeness (QED) is 0.626. The Morgan fingerprint density at radius 1 is 1.39 bits per heavy atom. The van der Waals surface area contributed by atoms with Gasteiger partial charge in [-0.3, -0.25) is 0 Å². The van der Waals surface area contributed by atoms with E-state index in [0.29, 0.717) is 5.02 Å². The lowest BCUT2D eigenvalue weighted by Crippen LogP contribution is -2.25. The van der Waals surface area contributed by atoms with Crippen LogP contribution in [-0.4, -0.2) is 24.6 Å². The van der Waals surface area contributed by atoms with E-state index in [9.17, 15) is 0 Å². The summed E-state index contributed by atoms with van der Waals surface area (Å²) in [6.07, 6.45) is 9.12. The number of hydrogen-bond acceptors (Lipinski definition) is 3. The number of thioether (sulfide) groups is 2. The van der Waals surface area contributed by atoms with E-state index in [1.807, 2.05) is 24.7 Å².